The van der Waals surface area contributed by atoms with E-state index in [1.165, 1.54) is 0 Å². The monoisotopic (exact) mass is 258 g/mol. The molecule has 0 aliphatic rings. The number of hydrogen-bond acceptors (Lipinski definition) is 3. The lowest BCUT2D eigenvalue weighted by molar-refractivity contribution is -0.0589. The van der Waals surface area contributed by atoms with E-state index in [1.807, 2.05) is 52.0 Å². The second kappa shape index (κ2) is 4.97. The molecular weight excluding hydrogens is 240 g/mol. The average Bonchev–Trinajstić information content (AvgIpc) is 2.34. The molecule has 1 aromatic heterocycles. The van der Waals surface area contributed by atoms with Crippen molar-refractivity contribution < 1.29 is 9.63 Å². The zero-order valence-corrected chi connectivity index (χ0v) is 11.7. The maximum Gasteiger partial charge on any atom is 0.275 e. The molecule has 1 heterocycles. The van der Waals surface area contributed by atoms with Crippen LogP contribution in [0.25, 0.3) is 10.9 Å². The van der Waals surface area contributed by atoms with Crippen LogP contribution in [0.3, 0.4) is 0 Å². The first-order valence-corrected chi connectivity index (χ1v) is 6.21. The molecule has 2 aromatic rings. The van der Waals surface area contributed by atoms with Crippen LogP contribution in [-0.4, -0.2) is 16.5 Å². The number of benzene rings is 1. The van der Waals surface area contributed by atoms with Crippen molar-refractivity contribution in [1.29, 1.82) is 0 Å². The quantitative estimate of drug-likeness (QED) is 0.842. The summed E-state index contributed by atoms with van der Waals surface area (Å²) in [5.41, 5.74) is 4.26. The molecule has 19 heavy (non-hydrogen) atoms. The number of nitrogens with one attached hydrogen (secondary N) is 1. The maximum absolute atomic E-state index is 12.2. The average molecular weight is 258 g/mol. The Balaban J connectivity index is 2.36. The number of hydroxylamine groups is 1. The Morgan fingerprint density at radius 3 is 2.63 bits per heavy atom. The van der Waals surface area contributed by atoms with Gasteiger partial charge in [-0.05, 0) is 39.8 Å². The smallest absolute Gasteiger partial charge is 0.268 e. The van der Waals surface area contributed by atoms with E-state index in [1.54, 1.807) is 6.07 Å². The van der Waals surface area contributed by atoms with Crippen LogP contribution in [0.1, 0.15) is 36.8 Å². The number of carbonyl (C=O) groups is 1. The second-order valence-electron chi connectivity index (χ2n) is 5.47. The van der Waals surface area contributed by atoms with E-state index in [2.05, 4.69) is 10.5 Å². The van der Waals surface area contributed by atoms with Crippen molar-refractivity contribution in [3.63, 3.8) is 0 Å². The van der Waals surface area contributed by atoms with Gasteiger partial charge in [-0.2, -0.15) is 0 Å². The molecule has 1 aromatic carbocycles. The van der Waals surface area contributed by atoms with Gasteiger partial charge < -0.3 is 0 Å². The molecule has 0 bridgehead atoms. The highest BCUT2D eigenvalue weighted by molar-refractivity contribution is 6.05. The van der Waals surface area contributed by atoms with E-state index in [9.17, 15) is 4.79 Å². The molecule has 0 radical (unpaired) electrons. The van der Waals surface area contributed by atoms with E-state index in [0.717, 1.165) is 16.6 Å². The molecule has 0 fully saturated rings. The van der Waals surface area contributed by atoms with Crippen molar-refractivity contribution in [2.75, 3.05) is 0 Å². The molecule has 0 aliphatic heterocycles. The van der Waals surface area contributed by atoms with Crippen molar-refractivity contribution in [2.45, 2.75) is 33.3 Å². The van der Waals surface area contributed by atoms with Crippen molar-refractivity contribution in [3.8, 4) is 0 Å². The number of rotatable bonds is 2. The minimum atomic E-state index is -0.423. The third-order valence-electron chi connectivity index (χ3n) is 2.54. The highest BCUT2D eigenvalue weighted by atomic mass is 16.7. The van der Waals surface area contributed by atoms with Crippen LogP contribution >= 0.6 is 0 Å². The molecule has 4 heteroatoms. The summed E-state index contributed by atoms with van der Waals surface area (Å²) in [5.74, 6) is -0.253. The highest BCUT2D eigenvalue weighted by Gasteiger charge is 2.16. The molecule has 2 rings (SSSR count). The molecule has 0 spiro atoms. The molecule has 1 N–H and O–H groups in total. The van der Waals surface area contributed by atoms with Gasteiger partial charge in [0.25, 0.3) is 5.91 Å². The number of pyridine rings is 1. The topological polar surface area (TPSA) is 51.2 Å². The van der Waals surface area contributed by atoms with Gasteiger partial charge in [-0.3, -0.25) is 14.6 Å². The summed E-state index contributed by atoms with van der Waals surface area (Å²) in [6.45, 7) is 7.50. The van der Waals surface area contributed by atoms with Gasteiger partial charge in [0, 0.05) is 11.1 Å². The summed E-state index contributed by atoms with van der Waals surface area (Å²) in [4.78, 5) is 21.9. The number of fused-ring (bicyclic) bond motifs is 1. The maximum atomic E-state index is 12.2. The van der Waals surface area contributed by atoms with Crippen molar-refractivity contribution in [3.05, 3.63) is 41.6 Å². The van der Waals surface area contributed by atoms with Crippen LogP contribution < -0.4 is 5.48 Å². The standard InChI is InChI=1S/C15H18N2O2/c1-10-9-12(14(18)17-19-15(2,3)4)11-7-5-6-8-13(11)16-10/h5-9H,1-4H3,(H,17,18). The Morgan fingerprint density at radius 2 is 1.95 bits per heavy atom. The van der Waals surface area contributed by atoms with Gasteiger partial charge in [0.1, 0.15) is 0 Å². The molecule has 0 saturated carbocycles. The van der Waals surface area contributed by atoms with E-state index in [-0.39, 0.29) is 5.91 Å². The van der Waals surface area contributed by atoms with Crippen LogP contribution in [0.4, 0.5) is 0 Å². The molecule has 0 unspecified atom stereocenters. The highest BCUT2D eigenvalue weighted by Crippen LogP contribution is 2.18. The summed E-state index contributed by atoms with van der Waals surface area (Å²) in [7, 11) is 0. The van der Waals surface area contributed by atoms with Crippen molar-refractivity contribution >= 4 is 16.8 Å². The fourth-order valence-electron chi connectivity index (χ4n) is 1.75. The second-order valence-corrected chi connectivity index (χ2v) is 5.47. The van der Waals surface area contributed by atoms with Crippen LogP contribution in [0, 0.1) is 6.92 Å². The third-order valence-corrected chi connectivity index (χ3v) is 2.54. The number of amides is 1. The fraction of sp³-hybridized carbons (Fsp3) is 0.333. The van der Waals surface area contributed by atoms with Crippen LogP contribution in [0.2, 0.25) is 0 Å². The normalized spacial score (nSPS) is 11.6. The van der Waals surface area contributed by atoms with Crippen molar-refractivity contribution in [1.82, 2.24) is 10.5 Å². The zero-order chi connectivity index (χ0) is 14.0. The Labute approximate surface area is 112 Å². The third kappa shape index (κ3) is 3.29. The van der Waals surface area contributed by atoms with Crippen LogP contribution in [0.15, 0.2) is 30.3 Å². The number of para-hydroxylation sites is 1. The molecule has 4 nitrogen and oxygen atoms in total. The lowest BCUT2D eigenvalue weighted by Crippen LogP contribution is -2.33. The Kier molecular flexibility index (Phi) is 3.53. The summed E-state index contributed by atoms with van der Waals surface area (Å²) < 4.78 is 0. The number of aromatic nitrogens is 1. The van der Waals surface area contributed by atoms with Gasteiger partial charge in [-0.1, -0.05) is 18.2 Å². The Bertz CT molecular complexity index is 615. The summed E-state index contributed by atoms with van der Waals surface area (Å²) in [6, 6.07) is 9.34. The van der Waals surface area contributed by atoms with Gasteiger partial charge in [0.05, 0.1) is 16.7 Å². The first kappa shape index (κ1) is 13.5. The minimum Gasteiger partial charge on any atom is -0.268 e. The molecular formula is C15H18N2O2. The minimum absolute atomic E-state index is 0.253. The number of hydrogen-bond donors (Lipinski definition) is 1. The predicted molar refractivity (Wildman–Crippen MR) is 74.8 cm³/mol. The number of nitrogens with zero attached hydrogens (tertiary/aromatic N) is 1. The van der Waals surface area contributed by atoms with E-state index in [0.29, 0.717) is 5.56 Å². The zero-order valence-electron chi connectivity index (χ0n) is 11.7. The molecule has 100 valence electrons. The van der Waals surface area contributed by atoms with Gasteiger partial charge in [0.2, 0.25) is 0 Å². The van der Waals surface area contributed by atoms with E-state index < -0.39 is 5.60 Å². The number of aryl methyl sites for hydroxylation is 1. The van der Waals surface area contributed by atoms with Gasteiger partial charge in [-0.15, -0.1) is 0 Å². The molecule has 0 saturated heterocycles. The summed E-state index contributed by atoms with van der Waals surface area (Å²) in [6.07, 6.45) is 0. The summed E-state index contributed by atoms with van der Waals surface area (Å²) in [5, 5.41) is 0.822. The first-order chi connectivity index (χ1) is 8.87. The lowest BCUT2D eigenvalue weighted by Gasteiger charge is -2.19. The molecule has 1 amide bonds. The Hall–Kier alpha value is -1.94. The molecule has 0 atom stereocenters. The van der Waals surface area contributed by atoms with E-state index >= 15 is 0 Å². The van der Waals surface area contributed by atoms with Gasteiger partial charge in [0.15, 0.2) is 0 Å². The molecule has 0 aliphatic carbocycles. The van der Waals surface area contributed by atoms with Crippen molar-refractivity contribution in [2.24, 2.45) is 0 Å². The van der Waals surface area contributed by atoms with E-state index in [4.69, 9.17) is 4.84 Å². The Morgan fingerprint density at radius 1 is 1.26 bits per heavy atom. The van der Waals surface area contributed by atoms with Crippen LogP contribution in [0.5, 0.6) is 0 Å². The lowest BCUT2D eigenvalue weighted by atomic mass is 10.1. The SMILES string of the molecule is Cc1cc(C(=O)NOC(C)(C)C)c2ccccc2n1. The predicted octanol–water partition coefficient (Wildman–Crippen LogP) is 3.00. The first-order valence-electron chi connectivity index (χ1n) is 6.21. The van der Waals surface area contributed by atoms with Gasteiger partial charge >= 0.3 is 0 Å². The number of carbonyl (C=O) groups excluding carboxylic acids is 1. The fourth-order valence-corrected chi connectivity index (χ4v) is 1.75. The van der Waals surface area contributed by atoms with Gasteiger partial charge in [-0.25, -0.2) is 5.48 Å². The van der Waals surface area contributed by atoms with Crippen LogP contribution in [-0.2, 0) is 4.84 Å². The largest absolute Gasteiger partial charge is 0.275 e. The summed E-state index contributed by atoms with van der Waals surface area (Å²) >= 11 is 0.